The molecular weight excluding hydrogens is 282 g/mol. The summed E-state index contributed by atoms with van der Waals surface area (Å²) in [6, 6.07) is 6.21. The van der Waals surface area contributed by atoms with Crippen LogP contribution in [0, 0.1) is 0 Å². The average molecular weight is 300 g/mol. The van der Waals surface area contributed by atoms with Crippen molar-refractivity contribution in [1.29, 1.82) is 0 Å². The van der Waals surface area contributed by atoms with Gasteiger partial charge < -0.3 is 4.90 Å². The Labute approximate surface area is 122 Å². The fourth-order valence-corrected chi connectivity index (χ4v) is 1.98. The topological polar surface area (TPSA) is 113 Å². The fourth-order valence-electron chi connectivity index (χ4n) is 1.86. The Balaban J connectivity index is 3.09. The molecule has 1 aromatic carbocycles. The number of anilines is 1. The molecule has 0 aromatic heterocycles. The van der Waals surface area contributed by atoms with Gasteiger partial charge in [0.15, 0.2) is 0 Å². The molecular formula is C12H18ClN5O2. The molecule has 0 radical (unpaired) electrons. The fraction of sp³-hybridized carbons (Fsp3) is 0.333. The molecule has 110 valence electrons. The van der Waals surface area contributed by atoms with Crippen molar-refractivity contribution in [2.75, 3.05) is 11.4 Å². The van der Waals surface area contributed by atoms with Gasteiger partial charge in [-0.3, -0.25) is 20.4 Å². The standard InChI is InChI=1S/C12H18ClN5O2/c1-2-10(12(20)17-15)18(7-11(19)16-14)9-5-3-8(13)4-6-9/h3-6,10H,2,7,14-15H2,1H3,(H,16,19)(H,17,20)/t10-/m1/s1. The highest BCUT2D eigenvalue weighted by molar-refractivity contribution is 6.30. The third-order valence-electron chi connectivity index (χ3n) is 2.84. The van der Waals surface area contributed by atoms with Gasteiger partial charge in [0.05, 0.1) is 6.54 Å². The molecule has 7 nitrogen and oxygen atoms in total. The molecule has 2 amide bonds. The van der Waals surface area contributed by atoms with Crippen molar-refractivity contribution in [3.8, 4) is 0 Å². The minimum atomic E-state index is -0.585. The van der Waals surface area contributed by atoms with Gasteiger partial charge in [-0.25, -0.2) is 11.7 Å². The second kappa shape index (κ2) is 7.68. The molecule has 0 aliphatic carbocycles. The Morgan fingerprint density at radius 1 is 1.25 bits per heavy atom. The molecule has 1 atom stereocenters. The van der Waals surface area contributed by atoms with Crippen molar-refractivity contribution >= 4 is 29.1 Å². The van der Waals surface area contributed by atoms with Crippen LogP contribution >= 0.6 is 11.6 Å². The summed E-state index contributed by atoms with van der Waals surface area (Å²) in [5.74, 6) is 9.48. The molecule has 20 heavy (non-hydrogen) atoms. The maximum absolute atomic E-state index is 11.8. The first-order valence-corrected chi connectivity index (χ1v) is 6.43. The molecule has 8 heteroatoms. The first-order valence-electron chi connectivity index (χ1n) is 6.05. The second-order valence-electron chi connectivity index (χ2n) is 4.10. The number of carbonyl (C=O) groups excluding carboxylic acids is 2. The highest BCUT2D eigenvalue weighted by Crippen LogP contribution is 2.21. The van der Waals surface area contributed by atoms with Crippen molar-refractivity contribution in [2.24, 2.45) is 11.7 Å². The van der Waals surface area contributed by atoms with E-state index in [1.165, 1.54) is 0 Å². The van der Waals surface area contributed by atoms with E-state index in [1.807, 2.05) is 12.3 Å². The summed E-state index contributed by atoms with van der Waals surface area (Å²) in [6.45, 7) is 1.76. The number of benzene rings is 1. The molecule has 0 bridgehead atoms. The van der Waals surface area contributed by atoms with Crippen LogP contribution in [-0.2, 0) is 9.59 Å². The van der Waals surface area contributed by atoms with E-state index in [4.69, 9.17) is 23.3 Å². The van der Waals surface area contributed by atoms with E-state index < -0.39 is 11.9 Å². The van der Waals surface area contributed by atoms with Crippen molar-refractivity contribution in [1.82, 2.24) is 10.9 Å². The molecule has 1 aromatic rings. The van der Waals surface area contributed by atoms with E-state index in [9.17, 15) is 9.59 Å². The van der Waals surface area contributed by atoms with Crippen LogP contribution in [-0.4, -0.2) is 24.4 Å². The summed E-state index contributed by atoms with van der Waals surface area (Å²) in [5.41, 5.74) is 4.82. The highest BCUT2D eigenvalue weighted by Gasteiger charge is 2.25. The van der Waals surface area contributed by atoms with Gasteiger partial charge in [-0.1, -0.05) is 18.5 Å². The van der Waals surface area contributed by atoms with Gasteiger partial charge in [0, 0.05) is 10.7 Å². The second-order valence-corrected chi connectivity index (χ2v) is 4.54. The van der Waals surface area contributed by atoms with Crippen LogP contribution in [0.4, 0.5) is 5.69 Å². The molecule has 0 fully saturated rings. The quantitative estimate of drug-likeness (QED) is 0.333. The number of nitrogens with one attached hydrogen (secondary N) is 2. The first kappa shape index (κ1) is 16.2. The van der Waals surface area contributed by atoms with Crippen LogP contribution in [0.3, 0.4) is 0 Å². The number of nitrogens with two attached hydrogens (primary N) is 2. The van der Waals surface area contributed by atoms with Gasteiger partial charge in [-0.05, 0) is 30.7 Å². The van der Waals surface area contributed by atoms with Crippen LogP contribution in [0.15, 0.2) is 24.3 Å². The van der Waals surface area contributed by atoms with Crippen molar-refractivity contribution in [2.45, 2.75) is 19.4 Å². The van der Waals surface area contributed by atoms with Crippen molar-refractivity contribution < 1.29 is 9.59 Å². The number of amides is 2. The monoisotopic (exact) mass is 299 g/mol. The predicted octanol–water partition coefficient (Wildman–Crippen LogP) is -0.0952. The average Bonchev–Trinajstić information content (AvgIpc) is 2.47. The molecule has 0 saturated carbocycles. The molecule has 0 aliphatic rings. The zero-order valence-electron chi connectivity index (χ0n) is 11.1. The van der Waals surface area contributed by atoms with Crippen LogP contribution < -0.4 is 27.4 Å². The number of halogens is 1. The lowest BCUT2D eigenvalue weighted by Crippen LogP contribution is -2.52. The predicted molar refractivity (Wildman–Crippen MR) is 77.5 cm³/mol. The van der Waals surface area contributed by atoms with Gasteiger partial charge in [0.1, 0.15) is 6.04 Å². The Kier molecular flexibility index (Phi) is 6.23. The molecule has 0 saturated heterocycles. The van der Waals surface area contributed by atoms with E-state index in [0.717, 1.165) is 0 Å². The first-order chi connectivity index (χ1) is 9.53. The van der Waals surface area contributed by atoms with Gasteiger partial charge in [0.2, 0.25) is 0 Å². The minimum Gasteiger partial charge on any atom is -0.350 e. The highest BCUT2D eigenvalue weighted by atomic mass is 35.5. The zero-order chi connectivity index (χ0) is 15.1. The van der Waals surface area contributed by atoms with E-state index in [-0.39, 0.29) is 12.5 Å². The van der Waals surface area contributed by atoms with Crippen LogP contribution in [0.5, 0.6) is 0 Å². The maximum atomic E-state index is 11.8. The number of hydrogen-bond acceptors (Lipinski definition) is 5. The summed E-state index contributed by atoms with van der Waals surface area (Å²) in [7, 11) is 0. The molecule has 1 rings (SSSR count). The van der Waals surface area contributed by atoms with Crippen molar-refractivity contribution in [3.63, 3.8) is 0 Å². The summed E-state index contributed by atoms with van der Waals surface area (Å²) in [4.78, 5) is 25.0. The lowest BCUT2D eigenvalue weighted by molar-refractivity contribution is -0.123. The van der Waals surface area contributed by atoms with Gasteiger partial charge in [0.25, 0.3) is 11.8 Å². The maximum Gasteiger partial charge on any atom is 0.256 e. The Hall–Kier alpha value is -1.83. The molecule has 0 aliphatic heterocycles. The molecule has 0 heterocycles. The van der Waals surface area contributed by atoms with Gasteiger partial charge in [-0.2, -0.15) is 0 Å². The van der Waals surface area contributed by atoms with Crippen LogP contribution in [0.2, 0.25) is 5.02 Å². The van der Waals surface area contributed by atoms with E-state index in [1.54, 1.807) is 29.2 Å². The lowest BCUT2D eigenvalue weighted by atomic mass is 10.1. The molecule has 0 unspecified atom stereocenters. The summed E-state index contributed by atoms with van der Waals surface area (Å²) < 4.78 is 0. The number of carbonyl (C=O) groups is 2. The molecule has 0 spiro atoms. The number of rotatable bonds is 6. The normalized spacial score (nSPS) is 11.6. The SMILES string of the molecule is CC[C@H](C(=O)NN)N(CC(=O)NN)c1ccc(Cl)cc1. The smallest absolute Gasteiger partial charge is 0.256 e. The Morgan fingerprint density at radius 2 is 1.85 bits per heavy atom. The van der Waals surface area contributed by atoms with E-state index >= 15 is 0 Å². The number of hydrogen-bond donors (Lipinski definition) is 4. The third-order valence-corrected chi connectivity index (χ3v) is 3.09. The zero-order valence-corrected chi connectivity index (χ0v) is 11.9. The molecule has 6 N–H and O–H groups in total. The summed E-state index contributed by atoms with van der Waals surface area (Å²) >= 11 is 5.84. The number of nitrogens with zero attached hydrogens (tertiary/aromatic N) is 1. The van der Waals surface area contributed by atoms with Crippen molar-refractivity contribution in [3.05, 3.63) is 29.3 Å². The van der Waals surface area contributed by atoms with Gasteiger partial charge >= 0.3 is 0 Å². The van der Waals surface area contributed by atoms with Crippen LogP contribution in [0.1, 0.15) is 13.3 Å². The van der Waals surface area contributed by atoms with E-state index in [2.05, 4.69) is 5.43 Å². The minimum absolute atomic E-state index is 0.0654. The Morgan fingerprint density at radius 3 is 2.30 bits per heavy atom. The van der Waals surface area contributed by atoms with Gasteiger partial charge in [-0.15, -0.1) is 0 Å². The lowest BCUT2D eigenvalue weighted by Gasteiger charge is -2.31. The third kappa shape index (κ3) is 4.09. The largest absolute Gasteiger partial charge is 0.350 e. The van der Waals surface area contributed by atoms with E-state index in [0.29, 0.717) is 17.1 Å². The Bertz CT molecular complexity index is 465. The number of hydrazine groups is 2. The van der Waals surface area contributed by atoms with Crippen LogP contribution in [0.25, 0.3) is 0 Å². The summed E-state index contributed by atoms with van der Waals surface area (Å²) in [6.07, 6.45) is 0.476. The summed E-state index contributed by atoms with van der Waals surface area (Å²) in [5, 5.41) is 0.563.